The average molecular weight is 365 g/mol. The largest absolute Gasteiger partial charge is 0.507 e. The molecule has 0 saturated heterocycles. The molecule has 0 aromatic heterocycles. The van der Waals surface area contributed by atoms with Crippen LogP contribution < -0.4 is 9.91 Å². The monoisotopic (exact) mass is 365 g/mol. The van der Waals surface area contributed by atoms with Crippen molar-refractivity contribution in [3.05, 3.63) is 59.2 Å². The smallest absolute Gasteiger partial charge is 0.339 e. The number of carbonyl (C=O) groups is 2. The third-order valence-electron chi connectivity index (χ3n) is 4.24. The number of carboxylic acid groups (broad SMARTS) is 1. The molecule has 3 rings (SSSR count). The number of phenols is 1. The Morgan fingerprint density at radius 3 is 2.41 bits per heavy atom. The van der Waals surface area contributed by atoms with Crippen molar-refractivity contribution in [2.45, 2.75) is 6.92 Å². The van der Waals surface area contributed by atoms with Crippen LogP contribution in [-0.2, 0) is 4.79 Å². The number of benzene rings is 2. The van der Waals surface area contributed by atoms with Gasteiger partial charge in [0, 0.05) is 19.8 Å². The molecule has 7 nitrogen and oxygen atoms in total. The molecule has 0 atom stereocenters. The Labute approximate surface area is 156 Å². The molecule has 0 saturated carbocycles. The number of hydrogen-bond donors (Lipinski definition) is 2. The lowest BCUT2D eigenvalue weighted by Gasteiger charge is -2.13. The van der Waals surface area contributed by atoms with Gasteiger partial charge in [0.15, 0.2) is 0 Å². The van der Waals surface area contributed by atoms with E-state index >= 15 is 0 Å². The van der Waals surface area contributed by atoms with E-state index in [2.05, 4.69) is 5.10 Å². The molecule has 27 heavy (non-hydrogen) atoms. The summed E-state index contributed by atoms with van der Waals surface area (Å²) in [5.41, 5.74) is 2.86. The minimum Gasteiger partial charge on any atom is -0.507 e. The van der Waals surface area contributed by atoms with E-state index in [0.29, 0.717) is 11.3 Å². The Hall–Kier alpha value is -3.61. The van der Waals surface area contributed by atoms with Crippen LogP contribution in [0.5, 0.6) is 5.75 Å². The summed E-state index contributed by atoms with van der Waals surface area (Å²) in [6.07, 6.45) is 1.75. The highest BCUT2D eigenvalue weighted by molar-refractivity contribution is 6.32. The van der Waals surface area contributed by atoms with Gasteiger partial charge in [-0.2, -0.15) is 10.1 Å². The fraction of sp³-hybridized carbons (Fsp3) is 0.150. The van der Waals surface area contributed by atoms with Gasteiger partial charge < -0.3 is 15.1 Å². The van der Waals surface area contributed by atoms with Crippen molar-refractivity contribution in [2.75, 3.05) is 24.0 Å². The summed E-state index contributed by atoms with van der Waals surface area (Å²) in [6.45, 7) is 1.72. The van der Waals surface area contributed by atoms with Gasteiger partial charge in [0.05, 0.1) is 17.0 Å². The second-order valence-corrected chi connectivity index (χ2v) is 6.35. The second-order valence-electron chi connectivity index (χ2n) is 6.35. The number of amides is 1. The predicted octanol–water partition coefficient (Wildman–Crippen LogP) is 2.96. The summed E-state index contributed by atoms with van der Waals surface area (Å²) in [4.78, 5) is 26.0. The normalized spacial score (nSPS) is 15.2. The molecule has 1 amide bonds. The quantitative estimate of drug-likeness (QED) is 0.813. The Morgan fingerprint density at radius 1 is 1.15 bits per heavy atom. The van der Waals surface area contributed by atoms with Crippen LogP contribution in [0.1, 0.15) is 22.8 Å². The predicted molar refractivity (Wildman–Crippen MR) is 104 cm³/mol. The van der Waals surface area contributed by atoms with E-state index in [4.69, 9.17) is 5.11 Å². The van der Waals surface area contributed by atoms with Gasteiger partial charge in [0.25, 0.3) is 5.91 Å². The number of carbonyl (C=O) groups excluding carboxylic acids is 1. The molecule has 1 aliphatic rings. The van der Waals surface area contributed by atoms with Crippen LogP contribution in [0.25, 0.3) is 6.08 Å². The molecule has 2 aromatic rings. The van der Waals surface area contributed by atoms with E-state index in [9.17, 15) is 14.7 Å². The molecule has 0 spiro atoms. The van der Waals surface area contributed by atoms with E-state index in [1.807, 2.05) is 43.3 Å². The Morgan fingerprint density at radius 2 is 1.81 bits per heavy atom. The van der Waals surface area contributed by atoms with Gasteiger partial charge in [-0.25, -0.2) is 4.79 Å². The maximum absolute atomic E-state index is 12.8. The maximum Gasteiger partial charge on any atom is 0.339 e. The van der Waals surface area contributed by atoms with Gasteiger partial charge in [-0.3, -0.25) is 4.79 Å². The Bertz CT molecular complexity index is 975. The molecule has 2 aromatic carbocycles. The van der Waals surface area contributed by atoms with Crippen molar-refractivity contribution in [1.29, 1.82) is 0 Å². The van der Waals surface area contributed by atoms with Gasteiger partial charge in [-0.1, -0.05) is 12.1 Å². The van der Waals surface area contributed by atoms with Crippen molar-refractivity contribution in [3.63, 3.8) is 0 Å². The molecule has 0 aliphatic carbocycles. The number of hydrazone groups is 1. The van der Waals surface area contributed by atoms with Crippen LogP contribution >= 0.6 is 0 Å². The van der Waals surface area contributed by atoms with E-state index in [0.717, 1.165) is 16.3 Å². The Balaban J connectivity index is 1.92. The molecule has 0 unspecified atom stereocenters. The zero-order valence-corrected chi connectivity index (χ0v) is 15.2. The second kappa shape index (κ2) is 6.95. The lowest BCUT2D eigenvalue weighted by atomic mass is 10.1. The van der Waals surface area contributed by atoms with Crippen molar-refractivity contribution >= 4 is 35.0 Å². The van der Waals surface area contributed by atoms with Crippen LogP contribution in [-0.4, -0.2) is 41.9 Å². The first-order valence-electron chi connectivity index (χ1n) is 8.23. The summed E-state index contributed by atoms with van der Waals surface area (Å²) in [6, 6.07) is 11.6. The van der Waals surface area contributed by atoms with Gasteiger partial charge in [0.2, 0.25) is 0 Å². The first-order valence-corrected chi connectivity index (χ1v) is 8.23. The fourth-order valence-electron chi connectivity index (χ4n) is 2.72. The van der Waals surface area contributed by atoms with Crippen LogP contribution in [0.15, 0.2) is 53.1 Å². The molecule has 0 fully saturated rings. The molecule has 138 valence electrons. The van der Waals surface area contributed by atoms with Crippen molar-refractivity contribution in [1.82, 2.24) is 0 Å². The van der Waals surface area contributed by atoms with E-state index in [1.165, 1.54) is 18.2 Å². The summed E-state index contributed by atoms with van der Waals surface area (Å²) < 4.78 is 0. The Kier molecular flexibility index (Phi) is 4.68. The molecule has 0 radical (unpaired) electrons. The minimum atomic E-state index is -1.28. The van der Waals surface area contributed by atoms with Gasteiger partial charge in [-0.05, 0) is 48.9 Å². The number of nitrogens with zero attached hydrogens (tertiary/aromatic N) is 3. The molecular weight excluding hydrogens is 346 g/mol. The highest BCUT2D eigenvalue weighted by Crippen LogP contribution is 2.29. The summed E-state index contributed by atoms with van der Waals surface area (Å²) >= 11 is 0. The zero-order valence-electron chi connectivity index (χ0n) is 15.2. The number of aromatic carboxylic acids is 1. The third-order valence-corrected chi connectivity index (χ3v) is 4.24. The molecule has 1 aliphatic heterocycles. The minimum absolute atomic E-state index is 0.279. The number of carboxylic acids is 1. The highest BCUT2D eigenvalue weighted by Gasteiger charge is 2.29. The van der Waals surface area contributed by atoms with Gasteiger partial charge in [-0.15, -0.1) is 0 Å². The molecule has 0 bridgehead atoms. The molecule has 7 heteroatoms. The van der Waals surface area contributed by atoms with E-state index < -0.39 is 5.97 Å². The van der Waals surface area contributed by atoms with Crippen molar-refractivity contribution in [2.24, 2.45) is 5.10 Å². The summed E-state index contributed by atoms with van der Waals surface area (Å²) in [5.74, 6) is -2.00. The van der Waals surface area contributed by atoms with Crippen LogP contribution in [0.2, 0.25) is 0 Å². The average Bonchev–Trinajstić information content (AvgIpc) is 2.90. The van der Waals surface area contributed by atoms with Crippen molar-refractivity contribution in [3.8, 4) is 5.75 Å². The molecule has 1 heterocycles. The standard InChI is InChI=1S/C20H19N3O4/c1-12-16(10-13-4-6-14(7-5-13)22(2)3)19(25)23(21-12)15-8-9-18(24)17(11-15)20(26)27/h4-11,24H,1-3H3,(H,26,27)/b16-10-. The van der Waals surface area contributed by atoms with E-state index in [-0.39, 0.29) is 22.9 Å². The fourth-order valence-corrected chi connectivity index (χ4v) is 2.72. The molecule has 2 N–H and O–H groups in total. The van der Waals surface area contributed by atoms with Gasteiger partial charge >= 0.3 is 5.97 Å². The van der Waals surface area contributed by atoms with Crippen molar-refractivity contribution < 1.29 is 19.8 Å². The highest BCUT2D eigenvalue weighted by atomic mass is 16.4. The third kappa shape index (κ3) is 3.52. The van der Waals surface area contributed by atoms with Crippen LogP contribution in [0, 0.1) is 0 Å². The zero-order chi connectivity index (χ0) is 19.7. The summed E-state index contributed by atoms with van der Waals surface area (Å²) in [7, 11) is 3.90. The van der Waals surface area contributed by atoms with Crippen LogP contribution in [0.4, 0.5) is 11.4 Å². The first-order chi connectivity index (χ1) is 12.8. The number of hydrogen-bond acceptors (Lipinski definition) is 5. The first kappa shape index (κ1) is 18.2. The topological polar surface area (TPSA) is 93.4 Å². The summed E-state index contributed by atoms with van der Waals surface area (Å²) in [5, 5.41) is 24.2. The lowest BCUT2D eigenvalue weighted by Crippen LogP contribution is -2.21. The number of rotatable bonds is 4. The number of anilines is 2. The SMILES string of the molecule is CC1=NN(c2ccc(O)c(C(=O)O)c2)C(=O)/C1=C\c1ccc(N(C)C)cc1. The maximum atomic E-state index is 12.8. The van der Waals surface area contributed by atoms with E-state index in [1.54, 1.807) is 13.0 Å². The van der Waals surface area contributed by atoms with Gasteiger partial charge in [0.1, 0.15) is 11.3 Å². The molecular formula is C20H19N3O4. The number of aromatic hydroxyl groups is 1. The lowest BCUT2D eigenvalue weighted by molar-refractivity contribution is -0.114. The van der Waals surface area contributed by atoms with Crippen LogP contribution in [0.3, 0.4) is 0 Å².